The Hall–Kier alpha value is -3.08. The Balaban J connectivity index is 1.70. The predicted octanol–water partition coefficient (Wildman–Crippen LogP) is 4.80. The summed E-state index contributed by atoms with van der Waals surface area (Å²) in [5.74, 6) is 2.58. The molecule has 2 aromatic carbocycles. The molecular weight excluding hydrogens is 302 g/mol. The van der Waals surface area contributed by atoms with Gasteiger partial charge in [-0.2, -0.15) is 4.98 Å². The molecule has 1 N–H and O–H groups in total. The highest BCUT2D eigenvalue weighted by Gasteiger charge is 2.03. The van der Waals surface area contributed by atoms with Crippen molar-refractivity contribution in [3.05, 3.63) is 66.9 Å². The van der Waals surface area contributed by atoms with Gasteiger partial charge in [-0.15, -0.1) is 0 Å². The number of ether oxygens (including phenoxy) is 2. The molecule has 0 bridgehead atoms. The second kappa shape index (κ2) is 7.97. The monoisotopic (exact) mass is 321 g/mol. The van der Waals surface area contributed by atoms with Gasteiger partial charge in [0.1, 0.15) is 11.5 Å². The Labute approximate surface area is 141 Å². The average Bonchev–Trinajstić information content (AvgIpc) is 2.61. The van der Waals surface area contributed by atoms with Gasteiger partial charge in [-0.05, 0) is 30.7 Å². The first-order valence-electron chi connectivity index (χ1n) is 7.89. The lowest BCUT2D eigenvalue weighted by atomic mass is 10.3. The molecule has 122 valence electrons. The lowest BCUT2D eigenvalue weighted by Crippen LogP contribution is -2.01. The van der Waals surface area contributed by atoms with Crippen molar-refractivity contribution in [3.63, 3.8) is 0 Å². The number of para-hydroxylation sites is 1. The zero-order valence-corrected chi connectivity index (χ0v) is 13.5. The molecule has 5 nitrogen and oxygen atoms in total. The third-order valence-corrected chi connectivity index (χ3v) is 3.15. The molecule has 0 saturated carbocycles. The molecule has 0 fully saturated rings. The van der Waals surface area contributed by atoms with Crippen molar-refractivity contribution in [2.75, 3.05) is 11.9 Å². The van der Waals surface area contributed by atoms with Crippen LogP contribution in [-0.4, -0.2) is 16.6 Å². The Bertz CT molecular complexity index is 778. The summed E-state index contributed by atoms with van der Waals surface area (Å²) >= 11 is 0. The highest BCUT2D eigenvalue weighted by atomic mass is 16.5. The van der Waals surface area contributed by atoms with Crippen molar-refractivity contribution < 1.29 is 9.47 Å². The van der Waals surface area contributed by atoms with E-state index in [1.54, 1.807) is 12.3 Å². The number of benzene rings is 2. The fourth-order valence-electron chi connectivity index (χ4n) is 2.08. The summed E-state index contributed by atoms with van der Waals surface area (Å²) in [5.41, 5.74) is 0.844. The summed E-state index contributed by atoms with van der Waals surface area (Å²) in [4.78, 5) is 8.55. The van der Waals surface area contributed by atoms with E-state index in [1.807, 2.05) is 54.6 Å². The van der Waals surface area contributed by atoms with Crippen molar-refractivity contribution >= 4 is 11.6 Å². The number of hydrogen-bond acceptors (Lipinski definition) is 5. The number of nitrogens with zero attached hydrogens (tertiary/aromatic N) is 2. The molecule has 0 aliphatic rings. The molecule has 0 amide bonds. The molecule has 5 heteroatoms. The molecule has 0 radical (unpaired) electrons. The number of hydrogen-bond donors (Lipinski definition) is 1. The van der Waals surface area contributed by atoms with Crippen molar-refractivity contribution in [1.82, 2.24) is 9.97 Å². The molecular formula is C19H19N3O2. The Kier molecular flexibility index (Phi) is 5.24. The molecule has 0 spiro atoms. The van der Waals surface area contributed by atoms with E-state index in [4.69, 9.17) is 9.47 Å². The van der Waals surface area contributed by atoms with Crippen LogP contribution in [0.4, 0.5) is 11.6 Å². The van der Waals surface area contributed by atoms with Gasteiger partial charge in [0.15, 0.2) is 0 Å². The zero-order valence-electron chi connectivity index (χ0n) is 13.5. The highest BCUT2D eigenvalue weighted by Crippen LogP contribution is 2.25. The first-order valence-corrected chi connectivity index (χ1v) is 7.89. The third kappa shape index (κ3) is 4.46. The summed E-state index contributed by atoms with van der Waals surface area (Å²) < 4.78 is 11.3. The topological polar surface area (TPSA) is 56.3 Å². The van der Waals surface area contributed by atoms with Gasteiger partial charge in [0.05, 0.1) is 6.61 Å². The zero-order chi connectivity index (χ0) is 16.6. The number of nitrogens with one attached hydrogen (secondary N) is 1. The number of anilines is 2. The molecule has 0 unspecified atom stereocenters. The van der Waals surface area contributed by atoms with Crippen LogP contribution < -0.4 is 14.8 Å². The second-order valence-corrected chi connectivity index (χ2v) is 5.13. The Morgan fingerprint density at radius 1 is 0.958 bits per heavy atom. The van der Waals surface area contributed by atoms with Crippen LogP contribution in [0.5, 0.6) is 17.4 Å². The molecule has 3 aromatic rings. The van der Waals surface area contributed by atoms with Gasteiger partial charge in [0.25, 0.3) is 0 Å². The van der Waals surface area contributed by atoms with Crippen LogP contribution in [0.25, 0.3) is 0 Å². The van der Waals surface area contributed by atoms with E-state index in [2.05, 4.69) is 22.2 Å². The minimum atomic E-state index is 0.487. The van der Waals surface area contributed by atoms with Crippen molar-refractivity contribution in [2.45, 2.75) is 13.3 Å². The lowest BCUT2D eigenvalue weighted by molar-refractivity contribution is 0.305. The van der Waals surface area contributed by atoms with E-state index in [0.717, 1.165) is 23.6 Å². The van der Waals surface area contributed by atoms with Gasteiger partial charge in [-0.1, -0.05) is 31.2 Å². The van der Waals surface area contributed by atoms with Gasteiger partial charge in [-0.3, -0.25) is 0 Å². The van der Waals surface area contributed by atoms with Crippen LogP contribution in [0.15, 0.2) is 66.9 Å². The van der Waals surface area contributed by atoms with Crippen LogP contribution >= 0.6 is 0 Å². The van der Waals surface area contributed by atoms with Crippen molar-refractivity contribution in [2.24, 2.45) is 0 Å². The quantitative estimate of drug-likeness (QED) is 0.677. The summed E-state index contributed by atoms with van der Waals surface area (Å²) in [7, 11) is 0. The van der Waals surface area contributed by atoms with E-state index in [9.17, 15) is 0 Å². The standard InChI is InChI=1S/C19H19N3O2/c1-2-13-23-18-11-12-20-19(22-18)21-15-7-6-10-17(14-15)24-16-8-4-3-5-9-16/h3-12,14H,2,13H2,1H3,(H,20,21,22). The second-order valence-electron chi connectivity index (χ2n) is 5.13. The van der Waals surface area contributed by atoms with Crippen LogP contribution in [0.2, 0.25) is 0 Å². The van der Waals surface area contributed by atoms with Gasteiger partial charge < -0.3 is 14.8 Å². The van der Waals surface area contributed by atoms with Crippen LogP contribution in [-0.2, 0) is 0 Å². The van der Waals surface area contributed by atoms with E-state index in [-0.39, 0.29) is 0 Å². The van der Waals surface area contributed by atoms with Crippen LogP contribution in [0.3, 0.4) is 0 Å². The van der Waals surface area contributed by atoms with Crippen molar-refractivity contribution in [1.29, 1.82) is 0 Å². The molecule has 0 saturated heterocycles. The molecule has 0 aliphatic heterocycles. The van der Waals surface area contributed by atoms with E-state index in [1.165, 1.54) is 0 Å². The molecule has 0 aliphatic carbocycles. The van der Waals surface area contributed by atoms with E-state index >= 15 is 0 Å². The summed E-state index contributed by atoms with van der Waals surface area (Å²) in [6.45, 7) is 2.69. The Morgan fingerprint density at radius 3 is 2.62 bits per heavy atom. The van der Waals surface area contributed by atoms with Gasteiger partial charge in [-0.25, -0.2) is 4.98 Å². The van der Waals surface area contributed by atoms with Gasteiger partial charge >= 0.3 is 0 Å². The number of rotatable bonds is 7. The molecule has 24 heavy (non-hydrogen) atoms. The minimum Gasteiger partial charge on any atom is -0.478 e. The average molecular weight is 321 g/mol. The maximum atomic E-state index is 5.83. The SMILES string of the molecule is CCCOc1ccnc(Nc2cccc(Oc3ccccc3)c2)n1. The smallest absolute Gasteiger partial charge is 0.230 e. The fourth-order valence-corrected chi connectivity index (χ4v) is 2.08. The van der Waals surface area contributed by atoms with Crippen LogP contribution in [0, 0.1) is 0 Å². The maximum Gasteiger partial charge on any atom is 0.230 e. The molecule has 1 aromatic heterocycles. The Morgan fingerprint density at radius 2 is 1.79 bits per heavy atom. The lowest BCUT2D eigenvalue weighted by Gasteiger charge is -2.09. The molecule has 0 atom stereocenters. The van der Waals surface area contributed by atoms with Gasteiger partial charge in [0.2, 0.25) is 11.8 Å². The summed E-state index contributed by atoms with van der Waals surface area (Å²) in [6, 6.07) is 19.1. The maximum absolute atomic E-state index is 5.83. The first kappa shape index (κ1) is 15.8. The number of aromatic nitrogens is 2. The largest absolute Gasteiger partial charge is 0.478 e. The molecule has 3 rings (SSSR count). The fraction of sp³-hybridized carbons (Fsp3) is 0.158. The minimum absolute atomic E-state index is 0.487. The van der Waals surface area contributed by atoms with E-state index in [0.29, 0.717) is 18.4 Å². The van der Waals surface area contributed by atoms with Crippen LogP contribution in [0.1, 0.15) is 13.3 Å². The third-order valence-electron chi connectivity index (χ3n) is 3.15. The summed E-state index contributed by atoms with van der Waals surface area (Å²) in [5, 5.41) is 3.16. The normalized spacial score (nSPS) is 10.2. The summed E-state index contributed by atoms with van der Waals surface area (Å²) in [6.07, 6.45) is 2.61. The highest BCUT2D eigenvalue weighted by molar-refractivity contribution is 5.56. The first-order chi connectivity index (χ1) is 11.8. The van der Waals surface area contributed by atoms with Gasteiger partial charge in [0, 0.05) is 24.0 Å². The predicted molar refractivity (Wildman–Crippen MR) is 94.1 cm³/mol. The molecule has 1 heterocycles. The van der Waals surface area contributed by atoms with E-state index < -0.39 is 0 Å². The van der Waals surface area contributed by atoms with Crippen molar-refractivity contribution in [3.8, 4) is 17.4 Å².